The van der Waals surface area contributed by atoms with Crippen molar-refractivity contribution in [1.82, 2.24) is 19.4 Å². The number of benzene rings is 1. The van der Waals surface area contributed by atoms with Gasteiger partial charge >= 0.3 is 0 Å². The van der Waals surface area contributed by atoms with E-state index in [4.69, 9.17) is 4.98 Å². The molecule has 4 rings (SSSR count). The molecule has 1 fully saturated rings. The highest BCUT2D eigenvalue weighted by Gasteiger charge is 2.23. The van der Waals surface area contributed by atoms with Crippen molar-refractivity contribution in [3.8, 4) is 0 Å². The number of amides is 1. The van der Waals surface area contributed by atoms with Crippen LogP contribution in [0.3, 0.4) is 0 Å². The van der Waals surface area contributed by atoms with Gasteiger partial charge < -0.3 is 9.47 Å². The van der Waals surface area contributed by atoms with E-state index in [1.165, 1.54) is 0 Å². The van der Waals surface area contributed by atoms with Crippen LogP contribution in [0.1, 0.15) is 42.9 Å². The van der Waals surface area contributed by atoms with Crippen molar-refractivity contribution in [3.63, 3.8) is 0 Å². The predicted molar refractivity (Wildman–Crippen MR) is 90.4 cm³/mol. The number of hydrogen-bond donors (Lipinski definition) is 0. The SMILES string of the molecule is CC(C)N1CCn2c(nc3cc(C(=O)N4CCCC4)ccc32)C1. The lowest BCUT2D eigenvalue weighted by Gasteiger charge is -2.30. The fraction of sp³-hybridized carbons (Fsp3) is 0.556. The number of imidazole rings is 1. The second-order valence-electron chi connectivity index (χ2n) is 6.95. The summed E-state index contributed by atoms with van der Waals surface area (Å²) in [5.74, 6) is 1.27. The number of aromatic nitrogens is 2. The Labute approximate surface area is 136 Å². The van der Waals surface area contributed by atoms with E-state index in [9.17, 15) is 4.79 Å². The number of nitrogens with zero attached hydrogens (tertiary/aromatic N) is 4. The van der Waals surface area contributed by atoms with Crippen molar-refractivity contribution in [1.29, 1.82) is 0 Å². The highest BCUT2D eigenvalue weighted by molar-refractivity contribution is 5.97. The molecule has 0 spiro atoms. The fourth-order valence-corrected chi connectivity index (χ4v) is 3.72. The summed E-state index contributed by atoms with van der Waals surface area (Å²) in [6.45, 7) is 9.16. The minimum Gasteiger partial charge on any atom is -0.339 e. The van der Waals surface area contributed by atoms with E-state index < -0.39 is 0 Å². The fourth-order valence-electron chi connectivity index (χ4n) is 3.72. The summed E-state index contributed by atoms with van der Waals surface area (Å²) in [7, 11) is 0. The second kappa shape index (κ2) is 5.64. The number of carbonyl (C=O) groups excluding carboxylic acids is 1. The summed E-state index contributed by atoms with van der Waals surface area (Å²) in [5, 5.41) is 0. The summed E-state index contributed by atoms with van der Waals surface area (Å²) >= 11 is 0. The first kappa shape index (κ1) is 14.7. The van der Waals surface area contributed by atoms with Gasteiger partial charge in [-0.2, -0.15) is 0 Å². The van der Waals surface area contributed by atoms with E-state index in [0.29, 0.717) is 6.04 Å². The quantitative estimate of drug-likeness (QED) is 0.855. The Balaban J connectivity index is 1.66. The van der Waals surface area contributed by atoms with Crippen molar-refractivity contribution >= 4 is 16.9 Å². The molecular formula is C18H24N4O. The Morgan fingerprint density at radius 3 is 2.65 bits per heavy atom. The van der Waals surface area contributed by atoms with Gasteiger partial charge in [-0.1, -0.05) is 0 Å². The Kier molecular flexibility index (Phi) is 3.60. The Hall–Kier alpha value is -1.88. The van der Waals surface area contributed by atoms with E-state index in [1.807, 2.05) is 17.0 Å². The summed E-state index contributed by atoms with van der Waals surface area (Å²) in [6.07, 6.45) is 2.25. The molecule has 122 valence electrons. The predicted octanol–water partition coefficient (Wildman–Crippen LogP) is 2.50. The molecule has 0 N–H and O–H groups in total. The summed E-state index contributed by atoms with van der Waals surface area (Å²) < 4.78 is 2.30. The molecule has 0 unspecified atom stereocenters. The maximum Gasteiger partial charge on any atom is 0.253 e. The monoisotopic (exact) mass is 312 g/mol. The first-order chi connectivity index (χ1) is 11.1. The van der Waals surface area contributed by atoms with Gasteiger partial charge in [0.1, 0.15) is 5.82 Å². The van der Waals surface area contributed by atoms with Gasteiger partial charge in [-0.25, -0.2) is 4.98 Å². The molecule has 1 aromatic carbocycles. The largest absolute Gasteiger partial charge is 0.339 e. The molecule has 23 heavy (non-hydrogen) atoms. The maximum atomic E-state index is 12.6. The third-order valence-electron chi connectivity index (χ3n) is 5.15. The molecule has 2 aromatic rings. The number of rotatable bonds is 2. The molecule has 0 radical (unpaired) electrons. The van der Waals surface area contributed by atoms with Gasteiger partial charge in [-0.05, 0) is 44.9 Å². The van der Waals surface area contributed by atoms with Crippen LogP contribution in [0.2, 0.25) is 0 Å². The molecule has 0 saturated carbocycles. The van der Waals surface area contributed by atoms with E-state index in [1.54, 1.807) is 0 Å². The number of fused-ring (bicyclic) bond motifs is 3. The lowest BCUT2D eigenvalue weighted by Crippen LogP contribution is -2.38. The lowest BCUT2D eigenvalue weighted by atomic mass is 10.1. The molecule has 0 aliphatic carbocycles. The third kappa shape index (κ3) is 2.53. The minimum absolute atomic E-state index is 0.152. The van der Waals surface area contributed by atoms with Crippen LogP contribution in [0.5, 0.6) is 0 Å². The summed E-state index contributed by atoms with van der Waals surface area (Å²) in [5.41, 5.74) is 2.88. The first-order valence-electron chi connectivity index (χ1n) is 8.66. The van der Waals surface area contributed by atoms with Gasteiger partial charge in [0.15, 0.2) is 0 Å². The van der Waals surface area contributed by atoms with Crippen molar-refractivity contribution in [2.45, 2.75) is 45.8 Å². The number of carbonyl (C=O) groups is 1. The normalized spacial score (nSPS) is 18.8. The van der Waals surface area contributed by atoms with E-state index in [0.717, 1.165) is 68.0 Å². The Morgan fingerprint density at radius 1 is 1.13 bits per heavy atom. The van der Waals surface area contributed by atoms with Crippen molar-refractivity contribution in [2.75, 3.05) is 19.6 Å². The highest BCUT2D eigenvalue weighted by Crippen LogP contribution is 2.24. The highest BCUT2D eigenvalue weighted by atomic mass is 16.2. The third-order valence-corrected chi connectivity index (χ3v) is 5.15. The molecule has 1 amide bonds. The average molecular weight is 312 g/mol. The van der Waals surface area contributed by atoms with Crippen LogP contribution < -0.4 is 0 Å². The molecule has 1 saturated heterocycles. The molecular weight excluding hydrogens is 288 g/mol. The van der Waals surface area contributed by atoms with Gasteiger partial charge in [0.25, 0.3) is 5.91 Å². The standard InChI is InChI=1S/C18H24N4O/c1-13(2)21-9-10-22-16-6-5-14(11-15(16)19-17(22)12-21)18(23)20-7-3-4-8-20/h5-6,11,13H,3-4,7-10,12H2,1-2H3. The van der Waals surface area contributed by atoms with Crippen LogP contribution >= 0.6 is 0 Å². The van der Waals surface area contributed by atoms with Gasteiger partial charge in [-0.15, -0.1) is 0 Å². The first-order valence-corrected chi connectivity index (χ1v) is 8.66. The smallest absolute Gasteiger partial charge is 0.253 e. The van der Waals surface area contributed by atoms with Gasteiger partial charge in [0.2, 0.25) is 0 Å². The van der Waals surface area contributed by atoms with Crippen molar-refractivity contribution in [2.24, 2.45) is 0 Å². The molecule has 2 aliphatic heterocycles. The number of likely N-dealkylation sites (tertiary alicyclic amines) is 1. The molecule has 2 aliphatic rings. The van der Waals surface area contributed by atoms with Crippen LogP contribution in [0.15, 0.2) is 18.2 Å². The van der Waals surface area contributed by atoms with E-state index in [2.05, 4.69) is 29.4 Å². The molecule has 5 nitrogen and oxygen atoms in total. The molecule has 5 heteroatoms. The van der Waals surface area contributed by atoms with Crippen LogP contribution in [0.25, 0.3) is 11.0 Å². The summed E-state index contributed by atoms with van der Waals surface area (Å²) in [4.78, 5) is 21.8. The lowest BCUT2D eigenvalue weighted by molar-refractivity contribution is 0.0793. The van der Waals surface area contributed by atoms with E-state index >= 15 is 0 Å². The topological polar surface area (TPSA) is 41.4 Å². The zero-order chi connectivity index (χ0) is 16.0. The van der Waals surface area contributed by atoms with Crippen molar-refractivity contribution in [3.05, 3.63) is 29.6 Å². The van der Waals surface area contributed by atoms with Gasteiger partial charge in [-0.3, -0.25) is 9.69 Å². The zero-order valence-electron chi connectivity index (χ0n) is 14.0. The van der Waals surface area contributed by atoms with E-state index in [-0.39, 0.29) is 5.91 Å². The molecule has 0 atom stereocenters. The van der Waals surface area contributed by atoms with Gasteiger partial charge in [0, 0.05) is 37.8 Å². The van der Waals surface area contributed by atoms with Crippen LogP contribution in [-0.2, 0) is 13.1 Å². The minimum atomic E-state index is 0.152. The maximum absolute atomic E-state index is 12.6. The average Bonchev–Trinajstić information content (AvgIpc) is 3.20. The number of hydrogen-bond acceptors (Lipinski definition) is 3. The Morgan fingerprint density at radius 2 is 1.91 bits per heavy atom. The van der Waals surface area contributed by atoms with Crippen LogP contribution in [0, 0.1) is 0 Å². The van der Waals surface area contributed by atoms with Gasteiger partial charge in [0.05, 0.1) is 17.6 Å². The van der Waals surface area contributed by atoms with Crippen molar-refractivity contribution < 1.29 is 4.79 Å². The zero-order valence-corrected chi connectivity index (χ0v) is 14.0. The summed E-state index contributed by atoms with van der Waals surface area (Å²) in [6, 6.07) is 6.55. The molecule has 3 heterocycles. The molecule has 1 aromatic heterocycles. The Bertz CT molecular complexity index is 743. The molecule has 0 bridgehead atoms. The van der Waals surface area contributed by atoms with Crippen LogP contribution in [0.4, 0.5) is 0 Å². The second-order valence-corrected chi connectivity index (χ2v) is 6.95. The van der Waals surface area contributed by atoms with Crippen LogP contribution in [-0.4, -0.2) is 50.9 Å².